The van der Waals surface area contributed by atoms with Crippen LogP contribution in [0, 0.1) is 9.49 Å². The zero-order valence-corrected chi connectivity index (χ0v) is 11.0. The van der Waals surface area contributed by atoms with Crippen molar-refractivity contribution in [1.82, 2.24) is 0 Å². The molecule has 1 aromatic rings. The second-order valence-electron chi connectivity index (χ2n) is 3.82. The summed E-state index contributed by atoms with van der Waals surface area (Å²) in [4.78, 5) is 23.3. The first kappa shape index (κ1) is 11.6. The molecule has 0 N–H and O–H groups in total. The molecule has 1 unspecified atom stereocenters. The van der Waals surface area contributed by atoms with Crippen molar-refractivity contribution in [1.29, 1.82) is 0 Å². The maximum atomic E-state index is 11.9. The highest BCUT2D eigenvalue weighted by molar-refractivity contribution is 14.1. The van der Waals surface area contributed by atoms with Crippen LogP contribution in [0.1, 0.15) is 22.3 Å². The van der Waals surface area contributed by atoms with Gasteiger partial charge in [0.2, 0.25) is 0 Å². The summed E-state index contributed by atoms with van der Waals surface area (Å²) in [6.45, 7) is 0. The molecule has 0 fully saturated rings. The summed E-state index contributed by atoms with van der Waals surface area (Å²) in [6.07, 6.45) is 0.868. The van der Waals surface area contributed by atoms with E-state index in [1.807, 2.05) is 18.2 Å². The lowest BCUT2D eigenvalue weighted by Crippen LogP contribution is -2.28. The first-order chi connectivity index (χ1) is 7.63. The molecule has 0 amide bonds. The van der Waals surface area contributed by atoms with Crippen LogP contribution in [-0.4, -0.2) is 18.9 Å². The van der Waals surface area contributed by atoms with E-state index in [1.165, 1.54) is 7.11 Å². The maximum absolute atomic E-state index is 11.9. The van der Waals surface area contributed by atoms with Crippen molar-refractivity contribution in [2.45, 2.75) is 12.8 Å². The highest BCUT2D eigenvalue weighted by atomic mass is 127. The second-order valence-corrected chi connectivity index (χ2v) is 4.98. The fourth-order valence-corrected chi connectivity index (χ4v) is 2.73. The number of carbonyl (C=O) groups excluding carboxylic acids is 2. The van der Waals surface area contributed by atoms with Gasteiger partial charge in [-0.3, -0.25) is 9.59 Å². The molecule has 1 atom stereocenters. The van der Waals surface area contributed by atoms with Crippen molar-refractivity contribution >= 4 is 34.3 Å². The van der Waals surface area contributed by atoms with Crippen molar-refractivity contribution in [2.75, 3.05) is 7.11 Å². The third kappa shape index (κ3) is 1.98. The molecule has 0 bridgehead atoms. The number of ether oxygens (including phenoxy) is 1. The number of hydrogen-bond donors (Lipinski definition) is 0. The molecule has 0 spiro atoms. The lowest BCUT2D eigenvalue weighted by atomic mass is 9.83. The Balaban J connectivity index is 2.39. The van der Waals surface area contributed by atoms with Gasteiger partial charge in [0.1, 0.15) is 0 Å². The topological polar surface area (TPSA) is 43.4 Å². The molecule has 3 nitrogen and oxygen atoms in total. The van der Waals surface area contributed by atoms with Gasteiger partial charge in [0.25, 0.3) is 0 Å². The van der Waals surface area contributed by atoms with Gasteiger partial charge in [-0.2, -0.15) is 0 Å². The number of hydrogen-bond acceptors (Lipinski definition) is 3. The molecule has 1 aliphatic rings. The Bertz CT molecular complexity index is 454. The third-order valence-corrected chi connectivity index (χ3v) is 3.85. The van der Waals surface area contributed by atoms with Gasteiger partial charge in [-0.15, -0.1) is 0 Å². The highest BCUT2D eigenvalue weighted by Gasteiger charge is 2.31. The van der Waals surface area contributed by atoms with Crippen LogP contribution in [0.2, 0.25) is 0 Å². The van der Waals surface area contributed by atoms with Gasteiger partial charge >= 0.3 is 5.97 Å². The summed E-state index contributed by atoms with van der Waals surface area (Å²) in [5, 5.41) is 0. The molecule has 84 valence electrons. The van der Waals surface area contributed by atoms with Gasteiger partial charge in [0, 0.05) is 15.6 Å². The minimum atomic E-state index is -0.319. The van der Waals surface area contributed by atoms with Crippen molar-refractivity contribution in [3.63, 3.8) is 0 Å². The molecule has 2 rings (SSSR count). The van der Waals surface area contributed by atoms with E-state index in [0.717, 1.165) is 14.7 Å². The number of fused-ring (bicyclic) bond motifs is 1. The molecule has 1 aliphatic carbocycles. The highest BCUT2D eigenvalue weighted by Crippen LogP contribution is 2.29. The third-order valence-electron chi connectivity index (χ3n) is 2.84. The molecule has 16 heavy (non-hydrogen) atoms. The van der Waals surface area contributed by atoms with Crippen molar-refractivity contribution in [3.8, 4) is 0 Å². The van der Waals surface area contributed by atoms with Crippen LogP contribution in [0.3, 0.4) is 0 Å². The summed E-state index contributed by atoms with van der Waals surface area (Å²) in [5.41, 5.74) is 1.74. The summed E-state index contributed by atoms with van der Waals surface area (Å²) in [5.74, 6) is -0.574. The summed E-state index contributed by atoms with van der Waals surface area (Å²) >= 11 is 2.19. The first-order valence-electron chi connectivity index (χ1n) is 5.02. The Morgan fingerprint density at radius 2 is 2.19 bits per heavy atom. The summed E-state index contributed by atoms with van der Waals surface area (Å²) < 4.78 is 5.74. The maximum Gasteiger partial charge on any atom is 0.309 e. The molecule has 0 saturated carbocycles. The minimum Gasteiger partial charge on any atom is -0.469 e. The summed E-state index contributed by atoms with van der Waals surface area (Å²) in [7, 11) is 1.36. The number of benzene rings is 1. The molecule has 0 aliphatic heterocycles. The second kappa shape index (κ2) is 4.53. The Kier molecular flexibility index (Phi) is 3.28. The summed E-state index contributed by atoms with van der Waals surface area (Å²) in [6, 6.07) is 5.65. The van der Waals surface area contributed by atoms with Crippen LogP contribution in [0.4, 0.5) is 0 Å². The SMILES string of the molecule is COC(=O)C1CC(=O)c2cccc(I)c2C1. The van der Waals surface area contributed by atoms with E-state index in [4.69, 9.17) is 4.74 Å². The molecule has 0 aromatic heterocycles. The van der Waals surface area contributed by atoms with E-state index < -0.39 is 0 Å². The molecule has 0 radical (unpaired) electrons. The van der Waals surface area contributed by atoms with Crippen LogP contribution in [-0.2, 0) is 16.0 Å². The normalized spacial score (nSPS) is 19.1. The number of ketones is 1. The van der Waals surface area contributed by atoms with Gasteiger partial charge < -0.3 is 4.74 Å². The molecular formula is C12H11IO3. The Hall–Kier alpha value is -0.910. The lowest BCUT2D eigenvalue weighted by Gasteiger charge is -2.22. The Morgan fingerprint density at radius 1 is 1.44 bits per heavy atom. The molecule has 0 heterocycles. The number of methoxy groups -OCH3 is 1. The van der Waals surface area contributed by atoms with Crippen LogP contribution in [0.25, 0.3) is 0 Å². The number of halogens is 1. The molecule has 0 saturated heterocycles. The number of rotatable bonds is 1. The molecular weight excluding hydrogens is 319 g/mol. The van der Waals surface area contributed by atoms with E-state index in [9.17, 15) is 9.59 Å². The van der Waals surface area contributed by atoms with E-state index in [1.54, 1.807) is 0 Å². The Morgan fingerprint density at radius 3 is 2.88 bits per heavy atom. The van der Waals surface area contributed by atoms with Crippen molar-refractivity contribution in [2.24, 2.45) is 5.92 Å². The fraction of sp³-hybridized carbons (Fsp3) is 0.333. The van der Waals surface area contributed by atoms with Crippen LogP contribution < -0.4 is 0 Å². The predicted octanol–water partition coefficient (Wildman–Crippen LogP) is 2.21. The van der Waals surface area contributed by atoms with Crippen molar-refractivity contribution in [3.05, 3.63) is 32.9 Å². The number of Topliss-reactive ketones (excluding diaryl/α,β-unsaturated/α-hetero) is 1. The van der Waals surface area contributed by atoms with Gasteiger partial charge in [-0.1, -0.05) is 12.1 Å². The lowest BCUT2D eigenvalue weighted by molar-refractivity contribution is -0.145. The smallest absolute Gasteiger partial charge is 0.309 e. The number of esters is 1. The van der Waals surface area contributed by atoms with Crippen LogP contribution in [0.15, 0.2) is 18.2 Å². The van der Waals surface area contributed by atoms with Crippen LogP contribution >= 0.6 is 22.6 Å². The monoisotopic (exact) mass is 330 g/mol. The van der Waals surface area contributed by atoms with E-state index in [-0.39, 0.29) is 24.1 Å². The zero-order chi connectivity index (χ0) is 11.7. The quantitative estimate of drug-likeness (QED) is 0.586. The standard InChI is InChI=1S/C12H11IO3/c1-16-12(15)7-5-9-8(11(14)6-7)3-2-4-10(9)13/h2-4,7H,5-6H2,1H3. The molecule has 1 aromatic carbocycles. The minimum absolute atomic E-state index is 0.0372. The Labute approximate surface area is 107 Å². The predicted molar refractivity (Wildman–Crippen MR) is 67.3 cm³/mol. The molecule has 4 heteroatoms. The number of carbonyl (C=O) groups is 2. The first-order valence-corrected chi connectivity index (χ1v) is 6.09. The average Bonchev–Trinajstić information content (AvgIpc) is 2.29. The zero-order valence-electron chi connectivity index (χ0n) is 8.83. The van der Waals surface area contributed by atoms with Crippen LogP contribution in [0.5, 0.6) is 0 Å². The average molecular weight is 330 g/mol. The van der Waals surface area contributed by atoms with Crippen molar-refractivity contribution < 1.29 is 14.3 Å². The van der Waals surface area contributed by atoms with Gasteiger partial charge in [0.15, 0.2) is 5.78 Å². The van der Waals surface area contributed by atoms with E-state index in [2.05, 4.69) is 22.6 Å². The van der Waals surface area contributed by atoms with E-state index >= 15 is 0 Å². The van der Waals surface area contributed by atoms with Gasteiger partial charge in [0.05, 0.1) is 13.0 Å². The van der Waals surface area contributed by atoms with E-state index in [0.29, 0.717) is 6.42 Å². The van der Waals surface area contributed by atoms with Gasteiger partial charge in [-0.05, 0) is 40.6 Å². The van der Waals surface area contributed by atoms with Gasteiger partial charge in [-0.25, -0.2) is 0 Å². The fourth-order valence-electron chi connectivity index (χ4n) is 2.01. The largest absolute Gasteiger partial charge is 0.469 e.